The molecule has 1 N–H and O–H groups in total. The highest BCUT2D eigenvalue weighted by Crippen LogP contribution is 2.33. The summed E-state index contributed by atoms with van der Waals surface area (Å²) >= 11 is 0. The largest absolute Gasteiger partial charge is 0.493 e. The Kier molecular flexibility index (Phi) is 5.80. The molecular formula is C13H20O4. The van der Waals surface area contributed by atoms with Gasteiger partial charge in [-0.25, -0.2) is 0 Å². The van der Waals surface area contributed by atoms with Crippen molar-refractivity contribution >= 4 is 0 Å². The summed E-state index contributed by atoms with van der Waals surface area (Å²) in [6, 6.07) is 3.97. The Bertz CT molecular complexity index is 350. The minimum Gasteiger partial charge on any atom is -0.493 e. The molecule has 0 bridgehead atoms. The van der Waals surface area contributed by atoms with Crippen LogP contribution >= 0.6 is 0 Å². The predicted molar refractivity (Wildman–Crippen MR) is 65.7 cm³/mol. The van der Waals surface area contributed by atoms with Crippen LogP contribution in [-0.4, -0.2) is 33.0 Å². The van der Waals surface area contributed by atoms with Crippen LogP contribution in [0, 0.1) is 0 Å². The third kappa shape index (κ3) is 3.61. The molecule has 0 aromatic heterocycles. The lowest BCUT2D eigenvalue weighted by Gasteiger charge is -2.14. The van der Waals surface area contributed by atoms with Crippen molar-refractivity contribution < 1.29 is 19.3 Å². The van der Waals surface area contributed by atoms with Gasteiger partial charge in [-0.1, -0.05) is 0 Å². The number of hydrogen-bond donors (Lipinski definition) is 1. The maximum Gasteiger partial charge on any atom is 0.166 e. The number of hydrogen-bond acceptors (Lipinski definition) is 4. The molecule has 96 valence electrons. The van der Waals surface area contributed by atoms with Crippen LogP contribution in [0.1, 0.15) is 17.5 Å². The second-order valence-corrected chi connectivity index (χ2v) is 3.75. The monoisotopic (exact) mass is 240 g/mol. The average Bonchev–Trinajstić information content (AvgIpc) is 2.36. The van der Waals surface area contributed by atoms with Crippen molar-refractivity contribution in [3.8, 4) is 11.5 Å². The van der Waals surface area contributed by atoms with Gasteiger partial charge < -0.3 is 19.3 Å². The van der Waals surface area contributed by atoms with E-state index < -0.39 is 0 Å². The quantitative estimate of drug-likeness (QED) is 0.789. The smallest absolute Gasteiger partial charge is 0.166 e. The molecule has 1 aromatic carbocycles. The van der Waals surface area contributed by atoms with Crippen LogP contribution in [-0.2, 0) is 17.8 Å². The highest BCUT2D eigenvalue weighted by Gasteiger charge is 2.12. The van der Waals surface area contributed by atoms with E-state index in [1.807, 2.05) is 12.1 Å². The van der Waals surface area contributed by atoms with Gasteiger partial charge in [0.1, 0.15) is 0 Å². The Morgan fingerprint density at radius 1 is 1.12 bits per heavy atom. The molecule has 0 atom stereocenters. The maximum absolute atomic E-state index is 8.85. The van der Waals surface area contributed by atoms with Gasteiger partial charge in [0.05, 0.1) is 20.8 Å². The summed E-state index contributed by atoms with van der Waals surface area (Å²) in [5, 5.41) is 8.85. The molecule has 4 heteroatoms. The number of ether oxygens (including phenoxy) is 3. The van der Waals surface area contributed by atoms with Gasteiger partial charge in [-0.05, 0) is 30.5 Å². The van der Waals surface area contributed by atoms with Crippen LogP contribution in [0.5, 0.6) is 11.5 Å². The molecule has 0 aliphatic heterocycles. The molecule has 0 amide bonds. The van der Waals surface area contributed by atoms with E-state index in [0.717, 1.165) is 24.0 Å². The Labute approximate surface area is 102 Å². The van der Waals surface area contributed by atoms with Gasteiger partial charge in [-0.2, -0.15) is 0 Å². The summed E-state index contributed by atoms with van der Waals surface area (Å²) < 4.78 is 15.8. The minimum absolute atomic E-state index is 0.188. The van der Waals surface area contributed by atoms with E-state index in [0.29, 0.717) is 18.1 Å². The van der Waals surface area contributed by atoms with Crippen molar-refractivity contribution in [3.05, 3.63) is 23.3 Å². The number of benzene rings is 1. The van der Waals surface area contributed by atoms with Crippen molar-refractivity contribution in [2.75, 3.05) is 27.9 Å². The van der Waals surface area contributed by atoms with Crippen LogP contribution in [0.2, 0.25) is 0 Å². The second-order valence-electron chi connectivity index (χ2n) is 3.75. The van der Waals surface area contributed by atoms with Gasteiger partial charge >= 0.3 is 0 Å². The fourth-order valence-electron chi connectivity index (χ4n) is 1.80. The molecule has 0 saturated heterocycles. The molecule has 17 heavy (non-hydrogen) atoms. The SMILES string of the molecule is COCc1cc(CCCO)cc(OC)c1OC. The molecule has 0 unspecified atom stereocenters. The lowest BCUT2D eigenvalue weighted by Crippen LogP contribution is -2.00. The summed E-state index contributed by atoms with van der Waals surface area (Å²) in [5.41, 5.74) is 2.08. The fourth-order valence-corrected chi connectivity index (χ4v) is 1.80. The first kappa shape index (κ1) is 13.8. The third-order valence-corrected chi connectivity index (χ3v) is 2.54. The normalized spacial score (nSPS) is 10.4. The van der Waals surface area contributed by atoms with Gasteiger partial charge in [-0.15, -0.1) is 0 Å². The van der Waals surface area contributed by atoms with Gasteiger partial charge in [0, 0.05) is 19.3 Å². The molecule has 0 radical (unpaired) electrons. The predicted octanol–water partition coefficient (Wildman–Crippen LogP) is 1.78. The summed E-state index contributed by atoms with van der Waals surface area (Å²) in [7, 11) is 4.88. The zero-order valence-corrected chi connectivity index (χ0v) is 10.7. The van der Waals surface area contributed by atoms with E-state index in [-0.39, 0.29) is 6.61 Å². The van der Waals surface area contributed by atoms with Crippen LogP contribution < -0.4 is 9.47 Å². The minimum atomic E-state index is 0.188. The maximum atomic E-state index is 8.85. The van der Waals surface area contributed by atoms with Crippen molar-refractivity contribution in [1.29, 1.82) is 0 Å². The summed E-state index contributed by atoms with van der Waals surface area (Å²) in [5.74, 6) is 1.41. The van der Waals surface area contributed by atoms with Crippen LogP contribution in [0.3, 0.4) is 0 Å². The first-order valence-electron chi connectivity index (χ1n) is 5.60. The highest BCUT2D eigenvalue weighted by atomic mass is 16.5. The zero-order chi connectivity index (χ0) is 12.7. The topological polar surface area (TPSA) is 47.9 Å². The fraction of sp³-hybridized carbons (Fsp3) is 0.538. The number of aliphatic hydroxyl groups is 1. The standard InChI is InChI=1S/C13H20O4/c1-15-9-11-7-10(5-4-6-14)8-12(16-2)13(11)17-3/h7-8,14H,4-6,9H2,1-3H3. The third-order valence-electron chi connectivity index (χ3n) is 2.54. The summed E-state index contributed by atoms with van der Waals surface area (Å²) in [6.45, 7) is 0.667. The van der Waals surface area contributed by atoms with Crippen LogP contribution in [0.25, 0.3) is 0 Å². The zero-order valence-electron chi connectivity index (χ0n) is 10.7. The summed E-state index contributed by atoms with van der Waals surface area (Å²) in [6.07, 6.45) is 1.55. The van der Waals surface area contributed by atoms with E-state index in [9.17, 15) is 0 Å². The van der Waals surface area contributed by atoms with E-state index in [2.05, 4.69) is 0 Å². The van der Waals surface area contributed by atoms with E-state index in [1.54, 1.807) is 21.3 Å². The van der Waals surface area contributed by atoms with Crippen molar-refractivity contribution in [2.24, 2.45) is 0 Å². The van der Waals surface area contributed by atoms with E-state index in [1.165, 1.54) is 0 Å². The summed E-state index contributed by atoms with van der Waals surface area (Å²) in [4.78, 5) is 0. The van der Waals surface area contributed by atoms with Gasteiger partial charge in [0.2, 0.25) is 0 Å². The number of methoxy groups -OCH3 is 3. The Morgan fingerprint density at radius 2 is 1.88 bits per heavy atom. The average molecular weight is 240 g/mol. The Hall–Kier alpha value is -1.26. The van der Waals surface area contributed by atoms with Gasteiger partial charge in [0.25, 0.3) is 0 Å². The highest BCUT2D eigenvalue weighted by molar-refractivity contribution is 5.49. The van der Waals surface area contributed by atoms with Gasteiger partial charge in [-0.3, -0.25) is 0 Å². The lowest BCUT2D eigenvalue weighted by atomic mass is 10.0. The molecule has 0 saturated carbocycles. The van der Waals surface area contributed by atoms with Gasteiger partial charge in [0.15, 0.2) is 11.5 Å². The van der Waals surface area contributed by atoms with E-state index >= 15 is 0 Å². The molecule has 0 spiro atoms. The molecule has 0 heterocycles. The van der Waals surface area contributed by atoms with Crippen molar-refractivity contribution in [3.63, 3.8) is 0 Å². The molecule has 0 aliphatic rings. The van der Waals surface area contributed by atoms with Crippen LogP contribution in [0.15, 0.2) is 12.1 Å². The first-order chi connectivity index (χ1) is 8.26. The van der Waals surface area contributed by atoms with Crippen molar-refractivity contribution in [2.45, 2.75) is 19.4 Å². The number of rotatable bonds is 7. The molecule has 1 rings (SSSR count). The molecule has 0 aliphatic carbocycles. The Balaban J connectivity index is 3.05. The van der Waals surface area contributed by atoms with E-state index in [4.69, 9.17) is 19.3 Å². The Morgan fingerprint density at radius 3 is 2.41 bits per heavy atom. The number of aliphatic hydroxyl groups excluding tert-OH is 1. The molecule has 0 fully saturated rings. The molecule has 4 nitrogen and oxygen atoms in total. The lowest BCUT2D eigenvalue weighted by molar-refractivity contribution is 0.180. The van der Waals surface area contributed by atoms with Crippen LogP contribution in [0.4, 0.5) is 0 Å². The second kappa shape index (κ2) is 7.14. The number of aryl methyl sites for hydroxylation is 1. The molecular weight excluding hydrogens is 220 g/mol. The first-order valence-corrected chi connectivity index (χ1v) is 5.60. The molecule has 1 aromatic rings. The van der Waals surface area contributed by atoms with Crippen molar-refractivity contribution in [1.82, 2.24) is 0 Å².